The van der Waals surface area contributed by atoms with Gasteiger partial charge >= 0.3 is 0 Å². The zero-order valence-electron chi connectivity index (χ0n) is 11.4. The van der Waals surface area contributed by atoms with Crippen LogP contribution in [0.4, 0.5) is 0 Å². The third-order valence-corrected chi connectivity index (χ3v) is 4.26. The summed E-state index contributed by atoms with van der Waals surface area (Å²) in [4.78, 5) is 16.2. The Morgan fingerprint density at radius 1 is 1.06 bits per heavy atom. The minimum Gasteiger partial charge on any atom is -0.341 e. The third kappa shape index (κ3) is 3.95. The summed E-state index contributed by atoms with van der Waals surface area (Å²) >= 11 is 0. The lowest BCUT2D eigenvalue weighted by Crippen LogP contribution is -2.45. The molecule has 1 unspecified atom stereocenters. The van der Waals surface area contributed by atoms with E-state index >= 15 is 0 Å². The van der Waals surface area contributed by atoms with E-state index in [1.165, 1.54) is 51.7 Å². The average molecular weight is 253 g/mol. The number of rotatable bonds is 3. The molecule has 0 aromatic carbocycles. The largest absolute Gasteiger partial charge is 0.341 e. The van der Waals surface area contributed by atoms with Gasteiger partial charge in [0.25, 0.3) is 0 Å². The minimum absolute atomic E-state index is 0.121. The fourth-order valence-corrected chi connectivity index (χ4v) is 3.25. The lowest BCUT2D eigenvalue weighted by molar-refractivity contribution is -0.131. The fraction of sp³-hybridized carbons (Fsp3) is 0.929. The number of amides is 1. The monoisotopic (exact) mass is 253 g/mol. The van der Waals surface area contributed by atoms with Crippen molar-refractivity contribution >= 4 is 5.91 Å². The smallest absolute Gasteiger partial charge is 0.236 e. The molecule has 0 aliphatic carbocycles. The van der Waals surface area contributed by atoms with E-state index in [9.17, 15) is 4.79 Å². The second-order valence-electron chi connectivity index (χ2n) is 5.77. The molecule has 2 aliphatic rings. The second kappa shape index (κ2) is 7.10. The van der Waals surface area contributed by atoms with Crippen LogP contribution in [0.2, 0.25) is 0 Å². The maximum Gasteiger partial charge on any atom is 0.236 e. The zero-order valence-corrected chi connectivity index (χ0v) is 11.4. The topological polar surface area (TPSA) is 49.6 Å². The highest BCUT2D eigenvalue weighted by molar-refractivity contribution is 5.78. The molecule has 2 N–H and O–H groups in total. The quantitative estimate of drug-likeness (QED) is 0.818. The van der Waals surface area contributed by atoms with E-state index in [0.29, 0.717) is 5.92 Å². The van der Waals surface area contributed by atoms with Crippen LogP contribution in [-0.2, 0) is 4.79 Å². The van der Waals surface area contributed by atoms with Crippen LogP contribution in [0.1, 0.15) is 38.5 Å². The van der Waals surface area contributed by atoms with Gasteiger partial charge in [0.05, 0.1) is 6.54 Å². The third-order valence-electron chi connectivity index (χ3n) is 4.26. The Morgan fingerprint density at radius 3 is 2.44 bits per heavy atom. The van der Waals surface area contributed by atoms with Crippen molar-refractivity contribution in [2.75, 3.05) is 39.3 Å². The normalized spacial score (nSPS) is 26.9. The number of hydrogen-bond acceptors (Lipinski definition) is 3. The molecule has 104 valence electrons. The Bertz CT molecular complexity index is 262. The van der Waals surface area contributed by atoms with Crippen LogP contribution in [0.15, 0.2) is 0 Å². The van der Waals surface area contributed by atoms with E-state index < -0.39 is 0 Å². The number of carbonyl (C=O) groups excluding carboxylic acids is 1. The van der Waals surface area contributed by atoms with E-state index in [1.54, 1.807) is 0 Å². The molecule has 2 aliphatic heterocycles. The first-order valence-electron chi connectivity index (χ1n) is 7.50. The molecule has 2 saturated heterocycles. The first-order chi connectivity index (χ1) is 8.79. The number of nitrogens with zero attached hydrogens (tertiary/aromatic N) is 2. The van der Waals surface area contributed by atoms with Gasteiger partial charge in [-0.15, -0.1) is 0 Å². The van der Waals surface area contributed by atoms with Crippen LogP contribution in [-0.4, -0.2) is 55.0 Å². The number of piperidine rings is 1. The highest BCUT2D eigenvalue weighted by atomic mass is 16.2. The molecule has 2 fully saturated rings. The predicted molar refractivity (Wildman–Crippen MR) is 73.3 cm³/mol. The van der Waals surface area contributed by atoms with Gasteiger partial charge in [0.2, 0.25) is 5.91 Å². The van der Waals surface area contributed by atoms with Gasteiger partial charge in [-0.25, -0.2) is 0 Å². The molecule has 0 aromatic rings. The van der Waals surface area contributed by atoms with Crippen molar-refractivity contribution in [3.05, 3.63) is 0 Å². The predicted octanol–water partition coefficient (Wildman–Crippen LogP) is 1.06. The Balaban J connectivity index is 1.79. The molecular formula is C14H27N3O. The van der Waals surface area contributed by atoms with Crippen molar-refractivity contribution < 1.29 is 4.79 Å². The van der Waals surface area contributed by atoms with Crippen LogP contribution in [0.3, 0.4) is 0 Å². The highest BCUT2D eigenvalue weighted by Gasteiger charge is 2.24. The Morgan fingerprint density at radius 2 is 1.78 bits per heavy atom. The van der Waals surface area contributed by atoms with Gasteiger partial charge in [0, 0.05) is 19.6 Å². The van der Waals surface area contributed by atoms with Gasteiger partial charge in [0.15, 0.2) is 0 Å². The summed E-state index contributed by atoms with van der Waals surface area (Å²) in [6.45, 7) is 5.67. The fourth-order valence-electron chi connectivity index (χ4n) is 3.25. The summed E-state index contributed by atoms with van der Waals surface area (Å²) < 4.78 is 0. The van der Waals surface area contributed by atoms with Crippen molar-refractivity contribution in [1.82, 2.24) is 9.80 Å². The average Bonchev–Trinajstić information content (AvgIpc) is 2.67. The molecule has 0 saturated carbocycles. The van der Waals surface area contributed by atoms with Gasteiger partial charge in [-0.3, -0.25) is 4.79 Å². The Kier molecular flexibility index (Phi) is 5.45. The van der Waals surface area contributed by atoms with Gasteiger partial charge in [-0.05, 0) is 44.7 Å². The first-order valence-corrected chi connectivity index (χ1v) is 7.50. The molecule has 4 heteroatoms. The van der Waals surface area contributed by atoms with Crippen LogP contribution in [0.5, 0.6) is 0 Å². The molecule has 0 spiro atoms. The summed E-state index contributed by atoms with van der Waals surface area (Å²) in [7, 11) is 0. The van der Waals surface area contributed by atoms with Crippen molar-refractivity contribution in [3.63, 3.8) is 0 Å². The standard InChI is InChI=1S/C14H27N3O/c15-10-14(18)17-9-5-6-13(12-17)11-16-7-3-1-2-4-8-16/h13H,1-12,15H2. The van der Waals surface area contributed by atoms with Crippen LogP contribution in [0.25, 0.3) is 0 Å². The lowest BCUT2D eigenvalue weighted by Gasteiger charge is -2.35. The van der Waals surface area contributed by atoms with Crippen molar-refractivity contribution in [2.45, 2.75) is 38.5 Å². The number of carbonyl (C=O) groups is 1. The SMILES string of the molecule is NCC(=O)N1CCCC(CN2CCCCCC2)C1. The highest BCUT2D eigenvalue weighted by Crippen LogP contribution is 2.19. The summed E-state index contributed by atoms with van der Waals surface area (Å²) in [5.41, 5.74) is 5.45. The number of likely N-dealkylation sites (tertiary alicyclic amines) is 2. The van der Waals surface area contributed by atoms with Crippen molar-refractivity contribution in [2.24, 2.45) is 11.7 Å². The zero-order chi connectivity index (χ0) is 12.8. The maximum atomic E-state index is 11.6. The van der Waals surface area contributed by atoms with Crippen LogP contribution >= 0.6 is 0 Å². The summed E-state index contributed by atoms with van der Waals surface area (Å²) in [5, 5.41) is 0. The van der Waals surface area contributed by atoms with Gasteiger partial charge in [-0.1, -0.05) is 12.8 Å². The molecule has 2 rings (SSSR count). The Labute approximate surface area is 110 Å². The molecule has 1 amide bonds. The first kappa shape index (κ1) is 13.8. The van der Waals surface area contributed by atoms with E-state index in [4.69, 9.17) is 5.73 Å². The second-order valence-corrected chi connectivity index (χ2v) is 5.77. The van der Waals surface area contributed by atoms with Crippen LogP contribution in [0, 0.1) is 5.92 Å². The maximum absolute atomic E-state index is 11.6. The molecular weight excluding hydrogens is 226 g/mol. The van der Waals surface area contributed by atoms with E-state index in [1.807, 2.05) is 4.90 Å². The van der Waals surface area contributed by atoms with E-state index in [2.05, 4.69) is 4.90 Å². The van der Waals surface area contributed by atoms with E-state index in [-0.39, 0.29) is 12.5 Å². The minimum atomic E-state index is 0.121. The van der Waals surface area contributed by atoms with Gasteiger partial charge in [-0.2, -0.15) is 0 Å². The van der Waals surface area contributed by atoms with Crippen molar-refractivity contribution in [1.29, 1.82) is 0 Å². The molecule has 18 heavy (non-hydrogen) atoms. The molecule has 1 atom stereocenters. The number of nitrogens with two attached hydrogens (primary N) is 1. The number of hydrogen-bond donors (Lipinski definition) is 1. The molecule has 2 heterocycles. The lowest BCUT2D eigenvalue weighted by atomic mass is 9.97. The molecule has 0 aromatic heterocycles. The molecule has 0 radical (unpaired) electrons. The summed E-state index contributed by atoms with van der Waals surface area (Å²) in [5.74, 6) is 0.780. The van der Waals surface area contributed by atoms with Crippen LogP contribution < -0.4 is 5.73 Å². The van der Waals surface area contributed by atoms with Gasteiger partial charge < -0.3 is 15.5 Å². The van der Waals surface area contributed by atoms with E-state index in [0.717, 1.165) is 19.5 Å². The van der Waals surface area contributed by atoms with Crippen molar-refractivity contribution in [3.8, 4) is 0 Å². The van der Waals surface area contributed by atoms with Gasteiger partial charge in [0.1, 0.15) is 0 Å². The Hall–Kier alpha value is -0.610. The summed E-state index contributed by atoms with van der Waals surface area (Å²) in [6.07, 6.45) is 7.88. The molecule has 4 nitrogen and oxygen atoms in total. The summed E-state index contributed by atoms with van der Waals surface area (Å²) in [6, 6.07) is 0. The molecule has 0 bridgehead atoms.